The first-order valence-corrected chi connectivity index (χ1v) is 28.2. The van der Waals surface area contributed by atoms with E-state index in [0.29, 0.717) is 13.0 Å². The molecule has 0 radical (unpaired) electrons. The van der Waals surface area contributed by atoms with Crippen LogP contribution in [0.5, 0.6) is 0 Å². The first-order valence-electron chi connectivity index (χ1n) is 26.7. The third kappa shape index (κ3) is 14.8. The molecule has 0 bridgehead atoms. The molecule has 2 saturated heterocycles. The second kappa shape index (κ2) is 28.0. The number of ether oxygens (including phenoxy) is 6. The number of carbonyl (C=O) groups excluding carboxylic acids is 2. The molecule has 10 N–H and O–H groups in total. The minimum atomic E-state index is -4.44. The van der Waals surface area contributed by atoms with Crippen molar-refractivity contribution in [1.82, 2.24) is 5.32 Å². The number of rotatable bonds is 28. The molecule has 21 nitrogen and oxygen atoms in total. The van der Waals surface area contributed by atoms with Gasteiger partial charge in [-0.1, -0.05) is 83.4 Å². The molecule has 2 unspecified atom stereocenters. The number of aliphatic hydroxyl groups excluding tert-OH is 6. The van der Waals surface area contributed by atoms with E-state index in [-0.39, 0.29) is 49.1 Å². The minimum absolute atomic E-state index is 0.0304. The summed E-state index contributed by atoms with van der Waals surface area (Å²) in [4.78, 5) is 26.4. The van der Waals surface area contributed by atoms with E-state index in [2.05, 4.69) is 78.1 Å². The predicted molar refractivity (Wildman–Crippen MR) is 284 cm³/mol. The Balaban J connectivity index is 1.00. The highest BCUT2D eigenvalue weighted by molar-refractivity contribution is 7.85. The third-order valence-electron chi connectivity index (χ3n) is 14.9. The normalized spacial score (nSPS) is 28.7. The lowest BCUT2D eigenvalue weighted by Gasteiger charge is -2.46. The number of amides is 2. The Labute approximate surface area is 451 Å². The smallest absolute Gasteiger partial charge is 0.405 e. The highest BCUT2D eigenvalue weighted by Crippen LogP contribution is 2.49. The number of aliphatic hydroxyl groups is 6. The van der Waals surface area contributed by atoms with E-state index in [1.165, 1.54) is 22.9 Å². The number of primary amides is 1. The molecule has 4 heterocycles. The van der Waals surface area contributed by atoms with Gasteiger partial charge >= 0.3 is 6.09 Å². The summed E-state index contributed by atoms with van der Waals surface area (Å²) in [5, 5.41) is 64.7. The van der Waals surface area contributed by atoms with Crippen LogP contribution < -0.4 is 16.0 Å². The fourth-order valence-corrected chi connectivity index (χ4v) is 11.1. The van der Waals surface area contributed by atoms with Crippen molar-refractivity contribution in [1.29, 1.82) is 0 Å². The number of benzene rings is 2. The Kier molecular flexibility index (Phi) is 22.4. The molecule has 6 rings (SSSR count). The molecule has 22 heteroatoms. The average molecular weight is 1100 g/mol. The van der Waals surface area contributed by atoms with Crippen molar-refractivity contribution < 1.29 is 86.2 Å². The van der Waals surface area contributed by atoms with E-state index in [0.717, 1.165) is 68.4 Å². The molecule has 0 aliphatic carbocycles. The number of hydrogen-bond acceptors (Lipinski definition) is 17. The van der Waals surface area contributed by atoms with Crippen LogP contribution in [0.15, 0.2) is 83.4 Å². The maximum absolute atomic E-state index is 12.8. The number of nitrogens with two attached hydrogens (primary N) is 1. The molecular formula is C55H81N4O17S+. The lowest BCUT2D eigenvalue weighted by molar-refractivity contribution is -0.610. The van der Waals surface area contributed by atoms with Crippen LogP contribution in [-0.4, -0.2) is 180 Å². The molecule has 0 spiro atoms. The zero-order valence-corrected chi connectivity index (χ0v) is 45.6. The molecule has 2 aromatic rings. The van der Waals surface area contributed by atoms with Crippen molar-refractivity contribution in [3.63, 3.8) is 0 Å². The first kappa shape index (κ1) is 61.6. The highest BCUT2D eigenvalue weighted by Gasteiger charge is 2.53. The van der Waals surface area contributed by atoms with Gasteiger partial charge in [-0.05, 0) is 55.2 Å². The number of anilines is 1. The second-order valence-electron chi connectivity index (χ2n) is 20.6. The van der Waals surface area contributed by atoms with Gasteiger partial charge in [0, 0.05) is 67.7 Å². The summed E-state index contributed by atoms with van der Waals surface area (Å²) in [6.07, 6.45) is 0.668. The van der Waals surface area contributed by atoms with Gasteiger partial charge in [-0.15, -0.1) is 0 Å². The lowest BCUT2D eigenvalue weighted by Crippen LogP contribution is -2.65. The summed E-state index contributed by atoms with van der Waals surface area (Å²) in [5.74, 6) is -0.171. The molecule has 11 atom stereocenters. The van der Waals surface area contributed by atoms with Crippen LogP contribution in [0.25, 0.3) is 0 Å². The number of fused-ring (bicyclic) bond motifs is 2. The number of carbonyl (C=O) groups is 2. The average Bonchev–Trinajstić information content (AvgIpc) is 3.79. The quantitative estimate of drug-likeness (QED) is 0.0256. The Hall–Kier alpha value is -4.66. The molecule has 428 valence electrons. The number of nitrogens with zero attached hydrogens (tertiary/aromatic N) is 2. The van der Waals surface area contributed by atoms with Gasteiger partial charge in [-0.25, -0.2) is 9.37 Å². The standard InChI is InChI=1S/C55H80N4O17S/c1-6-8-25-55(5)37-19-16-15-18-36(37)39(59(55)28-9-7-2)20-12-10-13-21-43-54(3,4)38-32-35(77(68,69)70)23-24-40(38)58(43)27-17-11-14-22-44(62)57-26-29-71-30-31-72-51-49(47(65)45(63)41(33-60)73-51)75-52-50(76-53(56)67)48(66)46(64)42(34-61)74-52/h10,12-13,15-16,18-21,23-24,32,41-42,45-52,60-61,63-66H,6-9,11,14,17,22,25-31,33-34H2,1-5H3,(H3-,56,57,62,67,68,69,70)/p+1/t41-,42+,45+,46+,47-,48-,49-,50-,51?,52+,55?/m0/s1. The first-order chi connectivity index (χ1) is 36.7. The Morgan fingerprint density at radius 2 is 1.51 bits per heavy atom. The predicted octanol–water partition coefficient (Wildman–Crippen LogP) is 3.19. The summed E-state index contributed by atoms with van der Waals surface area (Å²) in [7, 11) is -4.44. The van der Waals surface area contributed by atoms with Crippen LogP contribution in [-0.2, 0) is 54.3 Å². The van der Waals surface area contributed by atoms with E-state index >= 15 is 0 Å². The molecular weight excluding hydrogens is 1020 g/mol. The summed E-state index contributed by atoms with van der Waals surface area (Å²) in [5.41, 5.74) is 10.9. The lowest BCUT2D eigenvalue weighted by atomic mass is 9.83. The van der Waals surface area contributed by atoms with Gasteiger partial charge in [0.05, 0.1) is 43.5 Å². The van der Waals surface area contributed by atoms with Crippen LogP contribution in [0.4, 0.5) is 10.5 Å². The van der Waals surface area contributed by atoms with Gasteiger partial charge < -0.3 is 75.0 Å². The van der Waals surface area contributed by atoms with Crippen molar-refractivity contribution in [2.75, 3.05) is 57.6 Å². The van der Waals surface area contributed by atoms with Gasteiger partial charge in [0.15, 0.2) is 24.2 Å². The van der Waals surface area contributed by atoms with E-state index in [4.69, 9.17) is 34.2 Å². The van der Waals surface area contributed by atoms with Crippen LogP contribution in [0.3, 0.4) is 0 Å². The zero-order chi connectivity index (χ0) is 56.1. The van der Waals surface area contributed by atoms with Gasteiger partial charge in [-0.2, -0.15) is 8.42 Å². The van der Waals surface area contributed by atoms with E-state index in [9.17, 15) is 53.2 Å². The molecule has 0 aromatic heterocycles. The topological polar surface area (TPSA) is 310 Å². The fourth-order valence-electron chi connectivity index (χ4n) is 10.6. The molecule has 4 aliphatic rings. The highest BCUT2D eigenvalue weighted by atomic mass is 32.2. The molecule has 2 amide bonds. The van der Waals surface area contributed by atoms with Crippen LogP contribution >= 0.6 is 0 Å². The molecule has 4 aliphatic heterocycles. The molecule has 2 fully saturated rings. The fraction of sp³-hybridized carbons (Fsp3) is 0.618. The number of nitrogens with one attached hydrogen (secondary N) is 1. The third-order valence-corrected chi connectivity index (χ3v) is 15.7. The summed E-state index contributed by atoms with van der Waals surface area (Å²) in [6.45, 7) is 11.1. The largest absolute Gasteiger partial charge is 0.438 e. The molecule has 2 aromatic carbocycles. The SMILES string of the molecule is CCCC[N+]1=C(/C=C/C=C/C=C2\N(CCCCCC(=O)NCCOCCOC3O[C@@H](CO)[C@@H](O)[C@H](O)[C@@H]3O[C@H]3O[C@H](CO)[C@@H](O)[C@H](O)[C@@H]3OC(N)=O)c3ccc(S(=O)(=O)O)cc3C2(C)C)c2ccccc2C1(C)CCCC. The van der Waals surface area contributed by atoms with Gasteiger partial charge in [0.25, 0.3) is 10.1 Å². The van der Waals surface area contributed by atoms with Crippen LogP contribution in [0.1, 0.15) is 109 Å². The van der Waals surface area contributed by atoms with E-state index in [1.807, 2.05) is 26.0 Å². The van der Waals surface area contributed by atoms with E-state index in [1.54, 1.807) is 12.1 Å². The Morgan fingerprint density at radius 1 is 0.818 bits per heavy atom. The summed E-state index contributed by atoms with van der Waals surface area (Å²) < 4.78 is 70.2. The van der Waals surface area contributed by atoms with Gasteiger partial charge in [0.1, 0.15) is 49.3 Å². The minimum Gasteiger partial charge on any atom is -0.438 e. The number of unbranched alkanes of at least 4 members (excludes halogenated alkanes) is 4. The van der Waals surface area contributed by atoms with Crippen molar-refractivity contribution in [2.24, 2.45) is 5.73 Å². The van der Waals surface area contributed by atoms with Gasteiger partial charge in [-0.3, -0.25) is 9.35 Å². The molecule has 77 heavy (non-hydrogen) atoms. The van der Waals surface area contributed by atoms with Gasteiger partial charge in [0.2, 0.25) is 11.6 Å². The van der Waals surface area contributed by atoms with Crippen molar-refractivity contribution >= 4 is 33.5 Å². The van der Waals surface area contributed by atoms with Crippen molar-refractivity contribution in [2.45, 2.75) is 170 Å². The molecule has 0 saturated carbocycles. The van der Waals surface area contributed by atoms with Crippen LogP contribution in [0.2, 0.25) is 0 Å². The second-order valence-corrected chi connectivity index (χ2v) is 22.0. The van der Waals surface area contributed by atoms with E-state index < -0.39 is 96.3 Å². The number of allylic oxidation sites excluding steroid dienone is 6. The Morgan fingerprint density at radius 3 is 2.18 bits per heavy atom. The van der Waals surface area contributed by atoms with Crippen molar-refractivity contribution in [3.8, 4) is 0 Å². The Bertz CT molecular complexity index is 2540. The monoisotopic (exact) mass is 1100 g/mol. The summed E-state index contributed by atoms with van der Waals surface area (Å²) in [6, 6.07) is 13.4. The zero-order valence-electron chi connectivity index (χ0n) is 44.8. The maximum atomic E-state index is 12.8. The summed E-state index contributed by atoms with van der Waals surface area (Å²) >= 11 is 0. The number of hydrogen-bond donors (Lipinski definition) is 9. The van der Waals surface area contributed by atoms with Crippen molar-refractivity contribution in [3.05, 3.63) is 95.2 Å². The van der Waals surface area contributed by atoms with Crippen LogP contribution in [0, 0.1) is 0 Å². The maximum Gasteiger partial charge on any atom is 0.405 e.